The van der Waals surface area contributed by atoms with Crippen LogP contribution in [-0.4, -0.2) is 41.6 Å². The fourth-order valence-electron chi connectivity index (χ4n) is 2.77. The molecular weight excluding hydrogens is 384 g/mol. The quantitative estimate of drug-likeness (QED) is 0.820. The van der Waals surface area contributed by atoms with Crippen LogP contribution in [-0.2, 0) is 16.0 Å². The zero-order valence-electron chi connectivity index (χ0n) is 15.4. The van der Waals surface area contributed by atoms with Crippen molar-refractivity contribution >= 4 is 27.9 Å². The van der Waals surface area contributed by atoms with Crippen LogP contribution in [0.1, 0.15) is 44.7 Å². The lowest BCUT2D eigenvalue weighted by atomic mass is 10.1. The smallest absolute Gasteiger partial charge is 0.410 e. The molecule has 1 aliphatic heterocycles. The van der Waals surface area contributed by atoms with Gasteiger partial charge in [0.15, 0.2) is 0 Å². The third-order valence-corrected chi connectivity index (χ3v) is 4.77. The second-order valence-electron chi connectivity index (χ2n) is 7.57. The van der Waals surface area contributed by atoms with Crippen LogP contribution in [0, 0.1) is 6.92 Å². The van der Waals surface area contributed by atoms with Gasteiger partial charge in [0.05, 0.1) is 0 Å². The number of carbonyl (C=O) groups excluding carboxylic acids is 2. The van der Waals surface area contributed by atoms with E-state index in [2.05, 4.69) is 27.3 Å². The van der Waals surface area contributed by atoms with Gasteiger partial charge in [0, 0.05) is 30.0 Å². The highest BCUT2D eigenvalue weighted by Gasteiger charge is 2.30. The maximum atomic E-state index is 12.2. The molecule has 138 valence electrons. The Balaban J connectivity index is 1.77. The largest absolute Gasteiger partial charge is 0.444 e. The number of likely N-dealkylation sites (tertiary alicyclic amines) is 1. The number of ether oxygens (including phenoxy) is 1. The molecule has 1 aromatic rings. The third-order valence-electron chi connectivity index (χ3n) is 4.04. The van der Waals surface area contributed by atoms with Gasteiger partial charge in [-0.15, -0.1) is 0 Å². The van der Waals surface area contributed by atoms with Crippen LogP contribution in [0.25, 0.3) is 0 Å². The SMILES string of the molecule is Cc1ccc(CCC(=O)NC2CCN(C(=O)OC(C)(C)C)C2)c(Br)c1. The zero-order chi connectivity index (χ0) is 18.6. The third kappa shape index (κ3) is 6.34. The zero-order valence-corrected chi connectivity index (χ0v) is 17.0. The summed E-state index contributed by atoms with van der Waals surface area (Å²) in [4.78, 5) is 25.9. The summed E-state index contributed by atoms with van der Waals surface area (Å²) in [5.74, 6) is 0.0171. The molecule has 1 aromatic carbocycles. The van der Waals surface area contributed by atoms with E-state index in [1.165, 1.54) is 5.56 Å². The Hall–Kier alpha value is -1.56. The molecule has 6 heteroatoms. The minimum absolute atomic E-state index is 0.00137. The van der Waals surface area contributed by atoms with Gasteiger partial charge in [-0.1, -0.05) is 28.1 Å². The molecule has 5 nitrogen and oxygen atoms in total. The standard InChI is InChI=1S/C19H27BrN2O3/c1-13-5-6-14(16(20)11-13)7-8-17(23)21-15-9-10-22(12-15)18(24)25-19(2,3)4/h5-6,11,15H,7-10,12H2,1-4H3,(H,21,23). The Kier molecular flexibility index (Phi) is 6.49. The number of rotatable bonds is 4. The van der Waals surface area contributed by atoms with Crippen LogP contribution < -0.4 is 5.32 Å². The van der Waals surface area contributed by atoms with E-state index in [4.69, 9.17) is 4.74 Å². The van der Waals surface area contributed by atoms with E-state index in [9.17, 15) is 9.59 Å². The normalized spacial score (nSPS) is 17.5. The number of hydrogen-bond donors (Lipinski definition) is 1. The number of aryl methyl sites for hydroxylation is 2. The molecule has 1 fully saturated rings. The number of amides is 2. The highest BCUT2D eigenvalue weighted by molar-refractivity contribution is 9.10. The second-order valence-corrected chi connectivity index (χ2v) is 8.43. The Morgan fingerprint density at radius 3 is 2.72 bits per heavy atom. The van der Waals surface area contributed by atoms with Crippen molar-refractivity contribution < 1.29 is 14.3 Å². The predicted molar refractivity (Wildman–Crippen MR) is 102 cm³/mol. The molecule has 1 saturated heterocycles. The van der Waals surface area contributed by atoms with Crippen LogP contribution in [0.2, 0.25) is 0 Å². The molecular formula is C19H27BrN2O3. The van der Waals surface area contributed by atoms with Gasteiger partial charge in [0.2, 0.25) is 5.91 Å². The minimum Gasteiger partial charge on any atom is -0.444 e. The van der Waals surface area contributed by atoms with Crippen molar-refractivity contribution in [2.75, 3.05) is 13.1 Å². The molecule has 1 heterocycles. The Morgan fingerprint density at radius 1 is 1.36 bits per heavy atom. The lowest BCUT2D eigenvalue weighted by Crippen LogP contribution is -2.40. The van der Waals surface area contributed by atoms with Crippen molar-refractivity contribution in [1.82, 2.24) is 10.2 Å². The Labute approximate surface area is 158 Å². The summed E-state index contributed by atoms with van der Waals surface area (Å²) in [6, 6.07) is 6.16. The lowest BCUT2D eigenvalue weighted by Gasteiger charge is -2.24. The van der Waals surface area contributed by atoms with E-state index in [-0.39, 0.29) is 18.0 Å². The van der Waals surface area contributed by atoms with E-state index in [1.54, 1.807) is 4.90 Å². The minimum atomic E-state index is -0.500. The van der Waals surface area contributed by atoms with Crippen molar-refractivity contribution in [3.63, 3.8) is 0 Å². The lowest BCUT2D eigenvalue weighted by molar-refractivity contribution is -0.121. The van der Waals surface area contributed by atoms with Crippen LogP contribution in [0.5, 0.6) is 0 Å². The number of halogens is 1. The first kappa shape index (κ1) is 19.8. The molecule has 0 aliphatic carbocycles. The first-order valence-electron chi connectivity index (χ1n) is 8.66. The second kappa shape index (κ2) is 8.21. The van der Waals surface area contributed by atoms with Gasteiger partial charge in [-0.05, 0) is 57.7 Å². The average molecular weight is 411 g/mol. The topological polar surface area (TPSA) is 58.6 Å². The van der Waals surface area contributed by atoms with E-state index < -0.39 is 5.60 Å². The molecule has 25 heavy (non-hydrogen) atoms. The molecule has 0 spiro atoms. The van der Waals surface area contributed by atoms with Crippen molar-refractivity contribution in [3.05, 3.63) is 33.8 Å². The van der Waals surface area contributed by atoms with Gasteiger partial charge in [0.25, 0.3) is 0 Å². The fraction of sp³-hybridized carbons (Fsp3) is 0.579. The van der Waals surface area contributed by atoms with Crippen LogP contribution in [0.4, 0.5) is 4.79 Å². The molecule has 0 aromatic heterocycles. The summed E-state index contributed by atoms with van der Waals surface area (Å²) >= 11 is 3.54. The first-order valence-corrected chi connectivity index (χ1v) is 9.45. The molecule has 2 rings (SSSR count). The van der Waals surface area contributed by atoms with Crippen molar-refractivity contribution in [2.45, 2.75) is 58.6 Å². The highest BCUT2D eigenvalue weighted by Crippen LogP contribution is 2.20. The summed E-state index contributed by atoms with van der Waals surface area (Å²) in [6.07, 6.45) is 1.58. The summed E-state index contributed by atoms with van der Waals surface area (Å²) in [7, 11) is 0. The van der Waals surface area contributed by atoms with Crippen molar-refractivity contribution in [2.24, 2.45) is 0 Å². The van der Waals surface area contributed by atoms with Gasteiger partial charge in [-0.25, -0.2) is 4.79 Å². The van der Waals surface area contributed by atoms with Gasteiger partial charge >= 0.3 is 6.09 Å². The van der Waals surface area contributed by atoms with E-state index in [1.807, 2.05) is 39.8 Å². The summed E-state index contributed by atoms with van der Waals surface area (Å²) in [5, 5.41) is 3.02. The number of benzene rings is 1. The Bertz CT molecular complexity index is 640. The first-order chi connectivity index (χ1) is 11.6. The molecule has 1 unspecified atom stereocenters. The average Bonchev–Trinajstić information content (AvgIpc) is 2.93. The summed E-state index contributed by atoms with van der Waals surface area (Å²) in [5.41, 5.74) is 1.82. The monoisotopic (exact) mass is 410 g/mol. The maximum absolute atomic E-state index is 12.2. The summed E-state index contributed by atoms with van der Waals surface area (Å²) < 4.78 is 6.41. The number of nitrogens with zero attached hydrogens (tertiary/aromatic N) is 1. The molecule has 0 radical (unpaired) electrons. The van der Waals surface area contributed by atoms with E-state index >= 15 is 0 Å². The molecule has 0 bridgehead atoms. The summed E-state index contributed by atoms with van der Waals surface area (Å²) in [6.45, 7) is 8.71. The predicted octanol–water partition coefficient (Wildman–Crippen LogP) is 3.82. The van der Waals surface area contributed by atoms with Crippen LogP contribution in [0.15, 0.2) is 22.7 Å². The van der Waals surface area contributed by atoms with Crippen molar-refractivity contribution in [1.29, 1.82) is 0 Å². The fourth-order valence-corrected chi connectivity index (χ4v) is 3.47. The van der Waals surface area contributed by atoms with Crippen LogP contribution >= 0.6 is 15.9 Å². The molecule has 1 N–H and O–H groups in total. The molecule has 2 amide bonds. The van der Waals surface area contributed by atoms with Gasteiger partial charge < -0.3 is 15.0 Å². The number of nitrogens with one attached hydrogen (secondary N) is 1. The maximum Gasteiger partial charge on any atom is 0.410 e. The molecule has 1 atom stereocenters. The van der Waals surface area contributed by atoms with Crippen molar-refractivity contribution in [3.8, 4) is 0 Å². The Morgan fingerprint density at radius 2 is 2.08 bits per heavy atom. The van der Waals surface area contributed by atoms with Gasteiger partial charge in [-0.2, -0.15) is 0 Å². The molecule has 1 aliphatic rings. The van der Waals surface area contributed by atoms with E-state index in [0.717, 1.165) is 16.5 Å². The number of carbonyl (C=O) groups is 2. The molecule has 0 saturated carbocycles. The number of hydrogen-bond acceptors (Lipinski definition) is 3. The van der Waals surface area contributed by atoms with Gasteiger partial charge in [0.1, 0.15) is 5.60 Å². The van der Waals surface area contributed by atoms with E-state index in [0.29, 0.717) is 25.9 Å². The highest BCUT2D eigenvalue weighted by atomic mass is 79.9. The van der Waals surface area contributed by atoms with Crippen LogP contribution in [0.3, 0.4) is 0 Å². The van der Waals surface area contributed by atoms with Gasteiger partial charge in [-0.3, -0.25) is 4.79 Å².